The number of furan rings is 1. The van der Waals surface area contributed by atoms with Crippen LogP contribution in [0.4, 0.5) is 17.1 Å². The number of rotatable bonds is 5. The van der Waals surface area contributed by atoms with Crippen molar-refractivity contribution in [2.24, 2.45) is 0 Å². The van der Waals surface area contributed by atoms with Crippen molar-refractivity contribution in [1.82, 2.24) is 0 Å². The molecule has 0 aliphatic heterocycles. The Labute approximate surface area is 287 Å². The Kier molecular flexibility index (Phi) is 6.39. The smallest absolute Gasteiger partial charge is 0.137 e. The molecule has 0 radical (unpaired) electrons. The van der Waals surface area contributed by atoms with Gasteiger partial charge >= 0.3 is 0 Å². The molecular weight excluding hydrogens is 615 g/mol. The van der Waals surface area contributed by atoms with E-state index >= 15 is 0 Å². The van der Waals surface area contributed by atoms with Crippen LogP contribution in [0.3, 0.4) is 0 Å². The lowest BCUT2D eigenvalue weighted by atomic mass is 10.0. The summed E-state index contributed by atoms with van der Waals surface area (Å²) in [5.74, 6) is 0. The maximum Gasteiger partial charge on any atom is 0.137 e. The molecule has 0 unspecified atom stereocenters. The SMILES string of the molecule is c1ccc(-c2cccc3c2sc2c(N(c4ccc(-c5ccc6ccccc6c5)cc4)c4cccc5oc6ccccc6c45)cccc23)cc1. The lowest BCUT2D eigenvalue weighted by Gasteiger charge is -2.27. The highest BCUT2D eigenvalue weighted by Gasteiger charge is 2.23. The number of thiophene rings is 1. The van der Waals surface area contributed by atoms with Gasteiger partial charge in [0.1, 0.15) is 11.2 Å². The van der Waals surface area contributed by atoms with Crippen LogP contribution in [0.15, 0.2) is 180 Å². The van der Waals surface area contributed by atoms with E-state index in [9.17, 15) is 0 Å². The molecule has 2 aromatic heterocycles. The molecule has 0 atom stereocenters. The number of hydrogen-bond donors (Lipinski definition) is 0. The topological polar surface area (TPSA) is 16.4 Å². The van der Waals surface area contributed by atoms with Crippen LogP contribution in [0.2, 0.25) is 0 Å². The molecule has 0 aliphatic carbocycles. The van der Waals surface area contributed by atoms with E-state index in [-0.39, 0.29) is 0 Å². The van der Waals surface area contributed by atoms with Crippen LogP contribution >= 0.6 is 11.3 Å². The molecule has 10 aromatic rings. The molecule has 10 rings (SSSR count). The van der Waals surface area contributed by atoms with Crippen molar-refractivity contribution in [2.45, 2.75) is 0 Å². The molecule has 8 aromatic carbocycles. The molecule has 0 fully saturated rings. The number of anilines is 3. The van der Waals surface area contributed by atoms with E-state index in [1.807, 2.05) is 17.4 Å². The average molecular weight is 644 g/mol. The summed E-state index contributed by atoms with van der Waals surface area (Å²) in [6.45, 7) is 0. The minimum absolute atomic E-state index is 0.881. The van der Waals surface area contributed by atoms with Crippen molar-refractivity contribution >= 4 is 81.3 Å². The van der Waals surface area contributed by atoms with Crippen LogP contribution < -0.4 is 4.90 Å². The fraction of sp³-hybridized carbons (Fsp3) is 0. The molecule has 0 amide bonds. The number of nitrogens with zero attached hydrogens (tertiary/aromatic N) is 1. The molecular formula is C46H29NOS. The number of hydrogen-bond acceptors (Lipinski definition) is 3. The summed E-state index contributed by atoms with van der Waals surface area (Å²) in [6, 6.07) is 63.1. The Bertz CT molecular complexity index is 2830. The second-order valence-corrected chi connectivity index (χ2v) is 13.5. The van der Waals surface area contributed by atoms with Gasteiger partial charge in [-0.25, -0.2) is 0 Å². The quantitative estimate of drug-likeness (QED) is 0.186. The second kappa shape index (κ2) is 11.2. The first kappa shape index (κ1) is 27.9. The first-order chi connectivity index (χ1) is 24.3. The van der Waals surface area contributed by atoms with Gasteiger partial charge in [-0.3, -0.25) is 0 Å². The van der Waals surface area contributed by atoms with Gasteiger partial charge in [-0.2, -0.15) is 0 Å². The number of benzene rings is 8. The molecule has 0 bridgehead atoms. The third-order valence-electron chi connectivity index (χ3n) is 9.66. The lowest BCUT2D eigenvalue weighted by molar-refractivity contribution is 0.669. The van der Waals surface area contributed by atoms with E-state index in [2.05, 4.69) is 175 Å². The summed E-state index contributed by atoms with van der Waals surface area (Å²) in [6.07, 6.45) is 0. The van der Waals surface area contributed by atoms with Crippen molar-refractivity contribution < 1.29 is 4.42 Å². The Morgan fingerprint density at radius 1 is 0.408 bits per heavy atom. The zero-order chi connectivity index (χ0) is 32.3. The summed E-state index contributed by atoms with van der Waals surface area (Å²) in [4.78, 5) is 2.42. The van der Waals surface area contributed by atoms with Crippen molar-refractivity contribution in [3.05, 3.63) is 176 Å². The predicted molar refractivity (Wildman–Crippen MR) is 210 cm³/mol. The van der Waals surface area contributed by atoms with Gasteiger partial charge < -0.3 is 9.32 Å². The molecule has 0 spiro atoms. The molecule has 0 saturated heterocycles. The van der Waals surface area contributed by atoms with Gasteiger partial charge in [0.25, 0.3) is 0 Å². The highest BCUT2D eigenvalue weighted by Crippen LogP contribution is 2.49. The summed E-state index contributed by atoms with van der Waals surface area (Å²) in [5, 5.41) is 7.26. The van der Waals surface area contributed by atoms with Gasteiger partial charge in [0, 0.05) is 26.5 Å². The molecule has 0 aliphatic rings. The summed E-state index contributed by atoms with van der Waals surface area (Å²) in [7, 11) is 0. The van der Waals surface area contributed by atoms with Crippen LogP contribution in [0.1, 0.15) is 0 Å². The van der Waals surface area contributed by atoms with Crippen LogP contribution in [0.25, 0.3) is 75.1 Å². The van der Waals surface area contributed by atoms with E-state index in [1.165, 1.54) is 53.2 Å². The minimum Gasteiger partial charge on any atom is -0.456 e. The van der Waals surface area contributed by atoms with Crippen molar-refractivity contribution in [1.29, 1.82) is 0 Å². The van der Waals surface area contributed by atoms with Crippen molar-refractivity contribution in [2.75, 3.05) is 4.90 Å². The maximum absolute atomic E-state index is 6.40. The fourth-order valence-corrected chi connectivity index (χ4v) is 8.69. The minimum atomic E-state index is 0.881. The highest BCUT2D eigenvalue weighted by molar-refractivity contribution is 7.27. The standard InChI is InChI=1S/C46H29NOS/c1-2-12-32(13-3-1)36-16-8-17-37-38-18-9-20-41(46(38)49-45(36)37)47(40-19-10-22-43-44(40)39-15-6-7-21-42(39)48-43)35-27-25-31(26-28-35)34-24-23-30-11-4-5-14-33(30)29-34/h1-29H. The van der Waals surface area contributed by atoms with Crippen LogP contribution in [0.5, 0.6) is 0 Å². The van der Waals surface area contributed by atoms with Gasteiger partial charge in [0.2, 0.25) is 0 Å². The van der Waals surface area contributed by atoms with Crippen molar-refractivity contribution in [3.63, 3.8) is 0 Å². The molecule has 2 nitrogen and oxygen atoms in total. The van der Waals surface area contributed by atoms with E-state index in [0.717, 1.165) is 39.0 Å². The van der Waals surface area contributed by atoms with Crippen LogP contribution in [-0.2, 0) is 0 Å². The van der Waals surface area contributed by atoms with E-state index in [4.69, 9.17) is 4.42 Å². The molecule has 230 valence electrons. The van der Waals surface area contributed by atoms with E-state index in [1.54, 1.807) is 0 Å². The first-order valence-corrected chi connectivity index (χ1v) is 17.4. The van der Waals surface area contributed by atoms with Gasteiger partial charge in [0.05, 0.1) is 21.5 Å². The van der Waals surface area contributed by atoms with E-state index in [0.29, 0.717) is 0 Å². The number of fused-ring (bicyclic) bond motifs is 7. The van der Waals surface area contributed by atoms with Crippen LogP contribution in [-0.4, -0.2) is 0 Å². The Hall–Kier alpha value is -6.16. The zero-order valence-electron chi connectivity index (χ0n) is 26.5. The van der Waals surface area contributed by atoms with Gasteiger partial charge in [0.15, 0.2) is 0 Å². The first-order valence-electron chi connectivity index (χ1n) is 16.6. The second-order valence-electron chi connectivity index (χ2n) is 12.5. The summed E-state index contributed by atoms with van der Waals surface area (Å²) >= 11 is 1.87. The van der Waals surface area contributed by atoms with Gasteiger partial charge in [-0.1, -0.05) is 133 Å². The van der Waals surface area contributed by atoms with E-state index < -0.39 is 0 Å². The Morgan fingerprint density at radius 3 is 1.94 bits per heavy atom. The molecule has 0 saturated carbocycles. The third kappa shape index (κ3) is 4.55. The van der Waals surface area contributed by atoms with Gasteiger partial charge in [-0.05, 0) is 75.5 Å². The molecule has 3 heteroatoms. The number of para-hydroxylation sites is 1. The van der Waals surface area contributed by atoms with Crippen molar-refractivity contribution in [3.8, 4) is 22.3 Å². The molecule has 2 heterocycles. The third-order valence-corrected chi connectivity index (χ3v) is 10.9. The Balaban J connectivity index is 1.21. The molecule has 49 heavy (non-hydrogen) atoms. The fourth-order valence-electron chi connectivity index (χ4n) is 7.35. The predicted octanol–water partition coefficient (Wildman–Crippen LogP) is 13.9. The Morgan fingerprint density at radius 2 is 1.06 bits per heavy atom. The zero-order valence-corrected chi connectivity index (χ0v) is 27.3. The van der Waals surface area contributed by atoms with Crippen LogP contribution in [0, 0.1) is 0 Å². The monoisotopic (exact) mass is 643 g/mol. The summed E-state index contributed by atoms with van der Waals surface area (Å²) < 4.78 is 8.96. The largest absolute Gasteiger partial charge is 0.456 e. The summed E-state index contributed by atoms with van der Waals surface area (Å²) in [5.41, 5.74) is 10.00. The normalized spacial score (nSPS) is 11.7. The molecule has 0 N–H and O–H groups in total. The lowest BCUT2D eigenvalue weighted by Crippen LogP contribution is -2.10. The van der Waals surface area contributed by atoms with Gasteiger partial charge in [-0.15, -0.1) is 11.3 Å². The average Bonchev–Trinajstić information content (AvgIpc) is 3.75. The highest BCUT2D eigenvalue weighted by atomic mass is 32.1. The maximum atomic E-state index is 6.40.